The number of carbonyl (C=O) groups is 10. The number of nitrogens with two attached hydrogens (primary N) is 4. The number of rotatable bonds is 31. The minimum Gasteiger partial charge on any atom is -0.508 e. The van der Waals surface area contributed by atoms with Gasteiger partial charge >= 0.3 is 11.9 Å². The van der Waals surface area contributed by atoms with Crippen LogP contribution in [-0.2, 0) is 60.8 Å². The molecule has 0 radical (unpaired) electrons. The summed E-state index contributed by atoms with van der Waals surface area (Å²) < 4.78 is 0. The van der Waals surface area contributed by atoms with Crippen molar-refractivity contribution in [2.75, 3.05) is 18.6 Å². The number of phenols is 1. The van der Waals surface area contributed by atoms with Crippen molar-refractivity contribution in [3.05, 3.63) is 65.7 Å². The molecule has 0 saturated carbocycles. The topological polar surface area (TPSA) is 408 Å². The number of aliphatic carboxylic acids is 2. The normalized spacial score (nSPS) is 14.0. The number of carboxylic acid groups (broad SMARTS) is 2. The number of unbranched alkanes of at least 4 members (excludes halogenated alkanes) is 1. The SMILES string of the molecule is CSCC[C@H](N)C(=O)N[C@@H](CC(N)=O)C(=O)N[C@@H](CCCCN)C(=O)N[C@@H](Cc1ccc(O)cc1)C(=O)N[C@@H](Cc1ccccc1)C(=O)N[C@@H](CCC(=O)O)C(=O)N[C@@H](CC(N)=O)C(=O)O. The Balaban J connectivity index is 2.54. The Morgan fingerprint density at radius 2 is 1.00 bits per heavy atom. The number of phenolic OH excluding ortho intramolecular Hbond substituents is 1. The smallest absolute Gasteiger partial charge is 0.326 e. The molecule has 0 aliphatic carbocycles. The van der Waals surface area contributed by atoms with E-state index in [-0.39, 0.29) is 38.0 Å². The Bertz CT molecular complexity index is 1990. The van der Waals surface area contributed by atoms with Crippen LogP contribution in [0.2, 0.25) is 0 Å². The Hall–Kier alpha value is -6.79. The molecule has 7 atom stereocenters. The minimum absolute atomic E-state index is 0.0339. The molecule has 0 aliphatic heterocycles. The molecule has 0 fully saturated rings. The van der Waals surface area contributed by atoms with E-state index in [9.17, 15) is 63.3 Å². The van der Waals surface area contributed by atoms with Crippen molar-refractivity contribution in [3.63, 3.8) is 0 Å². The van der Waals surface area contributed by atoms with Crippen molar-refractivity contribution in [1.29, 1.82) is 0 Å². The second-order valence-corrected chi connectivity index (χ2v) is 16.2. The van der Waals surface area contributed by atoms with Crippen LogP contribution in [0.3, 0.4) is 0 Å². The number of aromatic hydroxyl groups is 1. The maximum atomic E-state index is 14.4. The fourth-order valence-electron chi connectivity index (χ4n) is 6.26. The highest BCUT2D eigenvalue weighted by atomic mass is 32.2. The summed E-state index contributed by atoms with van der Waals surface area (Å²) in [4.78, 5) is 129. The van der Waals surface area contributed by atoms with Gasteiger partial charge in [0.1, 0.15) is 42.0 Å². The number of thioether (sulfide) groups is 1. The summed E-state index contributed by atoms with van der Waals surface area (Å²) in [5.74, 6) is -10.4. The minimum atomic E-state index is -1.83. The average Bonchev–Trinajstić information content (AvgIpc) is 3.25. The van der Waals surface area contributed by atoms with Crippen LogP contribution < -0.4 is 54.8 Å². The van der Waals surface area contributed by atoms with Gasteiger partial charge in [0, 0.05) is 19.3 Å². The molecular weight excluding hydrogens is 885 g/mol. The number of nitrogens with one attached hydrogen (secondary N) is 6. The summed E-state index contributed by atoms with van der Waals surface area (Å²) in [6.07, 6.45) is -0.434. The summed E-state index contributed by atoms with van der Waals surface area (Å²) in [6.45, 7) is 0.222. The monoisotopic (exact) mass is 944 g/mol. The number of amides is 8. The fourth-order valence-corrected chi connectivity index (χ4v) is 6.75. The van der Waals surface area contributed by atoms with Gasteiger partial charge in [-0.2, -0.15) is 11.8 Å². The van der Waals surface area contributed by atoms with Crippen LogP contribution in [0.5, 0.6) is 5.75 Å². The maximum Gasteiger partial charge on any atom is 0.326 e. The van der Waals surface area contributed by atoms with Gasteiger partial charge in [-0.05, 0) is 73.9 Å². The standard InChI is InChI=1S/C42H60N10O13S/c1-66-18-16-26(44)36(58)49-31(21-33(45)54)41(63)47-27(9-5-6-17-43)37(59)50-30(20-24-10-12-25(53)13-11-24)40(62)51-29(19-23-7-3-2-4-8-23)39(61)48-28(14-15-35(56)57)38(60)52-32(42(64)65)22-34(46)55/h2-4,7-8,10-13,26-32,53H,5-6,9,14-22,43-44H2,1H3,(H2,45,54)(H2,46,55)(H,47,63)(H,48,61)(H,49,58)(H,50,59)(H,51,62)(H,52,60)(H,56,57)(H,64,65)/t26-,27-,28-,29-,30-,31-,32-/m0/s1. The number of carbonyl (C=O) groups excluding carboxylic acids is 8. The highest BCUT2D eigenvalue weighted by Crippen LogP contribution is 2.14. The highest BCUT2D eigenvalue weighted by molar-refractivity contribution is 7.98. The number of hydrogen-bond acceptors (Lipinski definition) is 14. The highest BCUT2D eigenvalue weighted by Gasteiger charge is 2.35. The maximum absolute atomic E-state index is 14.4. The molecular formula is C42H60N10O13S. The van der Waals surface area contributed by atoms with Gasteiger partial charge in [0.2, 0.25) is 47.3 Å². The van der Waals surface area contributed by atoms with Crippen LogP contribution in [0.1, 0.15) is 62.5 Å². The average molecular weight is 945 g/mol. The first kappa shape index (κ1) is 55.3. The molecule has 0 saturated heterocycles. The number of primary amides is 2. The molecule has 24 heteroatoms. The zero-order chi connectivity index (χ0) is 49.3. The van der Waals surface area contributed by atoms with Crippen LogP contribution in [0.15, 0.2) is 54.6 Å². The molecule has 362 valence electrons. The zero-order valence-corrected chi connectivity index (χ0v) is 37.2. The van der Waals surface area contributed by atoms with E-state index in [1.807, 2.05) is 6.26 Å². The zero-order valence-electron chi connectivity index (χ0n) is 36.4. The van der Waals surface area contributed by atoms with Gasteiger partial charge in [0.15, 0.2) is 0 Å². The molecule has 17 N–H and O–H groups in total. The summed E-state index contributed by atoms with van der Waals surface area (Å²) in [7, 11) is 0. The predicted molar refractivity (Wildman–Crippen MR) is 240 cm³/mol. The second kappa shape index (κ2) is 28.9. The van der Waals surface area contributed by atoms with Gasteiger partial charge < -0.3 is 70.2 Å². The van der Waals surface area contributed by atoms with E-state index in [1.165, 1.54) is 36.0 Å². The van der Waals surface area contributed by atoms with Crippen molar-refractivity contribution in [2.24, 2.45) is 22.9 Å². The molecule has 2 aromatic rings. The van der Waals surface area contributed by atoms with E-state index in [2.05, 4.69) is 31.9 Å². The van der Waals surface area contributed by atoms with E-state index in [0.29, 0.717) is 29.7 Å². The Morgan fingerprint density at radius 1 is 0.561 bits per heavy atom. The van der Waals surface area contributed by atoms with Gasteiger partial charge in [-0.25, -0.2) is 4.79 Å². The molecule has 66 heavy (non-hydrogen) atoms. The quantitative estimate of drug-likeness (QED) is 0.0335. The molecule has 0 aliphatic rings. The first-order chi connectivity index (χ1) is 31.2. The molecule has 23 nitrogen and oxygen atoms in total. The number of benzene rings is 2. The summed E-state index contributed by atoms with van der Waals surface area (Å²) in [6, 6.07) is 3.27. The fraction of sp³-hybridized carbons (Fsp3) is 0.476. The molecule has 0 unspecified atom stereocenters. The van der Waals surface area contributed by atoms with Crippen molar-refractivity contribution in [3.8, 4) is 5.75 Å². The molecule has 0 heterocycles. The van der Waals surface area contributed by atoms with Crippen molar-refractivity contribution in [1.82, 2.24) is 31.9 Å². The largest absolute Gasteiger partial charge is 0.508 e. The van der Waals surface area contributed by atoms with Crippen molar-refractivity contribution < 1.29 is 63.3 Å². The van der Waals surface area contributed by atoms with E-state index in [1.54, 1.807) is 30.3 Å². The summed E-state index contributed by atoms with van der Waals surface area (Å²) in [5.41, 5.74) is 23.1. The third kappa shape index (κ3) is 20.8. The molecule has 0 spiro atoms. The Morgan fingerprint density at radius 3 is 1.48 bits per heavy atom. The first-order valence-electron chi connectivity index (χ1n) is 20.8. The molecule has 2 rings (SSSR count). The summed E-state index contributed by atoms with van der Waals surface area (Å²) >= 11 is 1.44. The lowest BCUT2D eigenvalue weighted by molar-refractivity contribution is -0.144. The summed E-state index contributed by atoms with van der Waals surface area (Å²) in [5, 5.41) is 43.4. The molecule has 0 aromatic heterocycles. The van der Waals surface area contributed by atoms with Crippen molar-refractivity contribution in [2.45, 2.75) is 107 Å². The first-order valence-corrected chi connectivity index (χ1v) is 22.2. The van der Waals surface area contributed by atoms with Gasteiger partial charge in [0.05, 0.1) is 18.9 Å². The van der Waals surface area contributed by atoms with Crippen molar-refractivity contribution >= 4 is 71.0 Å². The Kier molecular flexibility index (Phi) is 24.2. The molecule has 8 amide bonds. The second-order valence-electron chi connectivity index (χ2n) is 15.2. The lowest BCUT2D eigenvalue weighted by Gasteiger charge is -2.28. The van der Waals surface area contributed by atoms with E-state index in [0.717, 1.165) is 0 Å². The third-order valence-corrected chi connectivity index (χ3v) is 10.5. The van der Waals surface area contributed by atoms with Crippen LogP contribution in [0.4, 0.5) is 0 Å². The van der Waals surface area contributed by atoms with Crippen LogP contribution in [-0.4, -0.2) is 135 Å². The molecule has 0 bridgehead atoms. The van der Waals surface area contributed by atoms with Gasteiger partial charge in [-0.15, -0.1) is 0 Å². The lowest BCUT2D eigenvalue weighted by Crippen LogP contribution is -2.60. The third-order valence-electron chi connectivity index (χ3n) is 9.81. The van der Waals surface area contributed by atoms with Gasteiger partial charge in [-0.3, -0.25) is 43.2 Å². The van der Waals surface area contributed by atoms with Crippen LogP contribution in [0, 0.1) is 0 Å². The number of hydrogen-bond donors (Lipinski definition) is 13. The van der Waals surface area contributed by atoms with Gasteiger partial charge in [0.25, 0.3) is 0 Å². The van der Waals surface area contributed by atoms with E-state index >= 15 is 0 Å². The van der Waals surface area contributed by atoms with E-state index in [4.69, 9.17) is 22.9 Å². The predicted octanol–water partition coefficient (Wildman–Crippen LogP) is -3.00. The van der Waals surface area contributed by atoms with Gasteiger partial charge in [-0.1, -0.05) is 42.5 Å². The van der Waals surface area contributed by atoms with Crippen LogP contribution >= 0.6 is 11.8 Å². The van der Waals surface area contributed by atoms with Crippen LogP contribution in [0.25, 0.3) is 0 Å². The lowest BCUT2D eigenvalue weighted by atomic mass is 10.0. The molecule has 2 aromatic carbocycles. The van der Waals surface area contributed by atoms with E-state index < -0.39 is 127 Å². The Labute approximate surface area is 384 Å². The number of carboxylic acids is 2.